The van der Waals surface area contributed by atoms with Crippen LogP contribution in [0.2, 0.25) is 0 Å². The van der Waals surface area contributed by atoms with Gasteiger partial charge in [0.2, 0.25) is 0 Å². The second kappa shape index (κ2) is 4.75. The van der Waals surface area contributed by atoms with E-state index in [-0.39, 0.29) is 0 Å². The summed E-state index contributed by atoms with van der Waals surface area (Å²) in [5, 5.41) is 4.62. The molecule has 14 heavy (non-hydrogen) atoms. The van der Waals surface area contributed by atoms with Gasteiger partial charge in [0.15, 0.2) is 5.17 Å². The van der Waals surface area contributed by atoms with Crippen LogP contribution in [0.4, 0.5) is 0 Å². The number of aliphatic imine (C=N–C) groups is 1. The Labute approximate surface area is 89.9 Å². The zero-order valence-corrected chi connectivity index (χ0v) is 9.15. The molecule has 0 radical (unpaired) electrons. The minimum atomic E-state index is 0.553. The van der Waals surface area contributed by atoms with Crippen molar-refractivity contribution in [3.05, 3.63) is 0 Å². The molecule has 2 nitrogen and oxygen atoms in total. The summed E-state index contributed by atoms with van der Waals surface area (Å²) in [7, 11) is 0. The highest BCUT2D eigenvalue weighted by Crippen LogP contribution is 2.26. The van der Waals surface area contributed by atoms with E-state index in [1.807, 2.05) is 0 Å². The second-order valence-electron chi connectivity index (χ2n) is 3.84. The first-order chi connectivity index (χ1) is 6.90. The molecule has 1 aliphatic carbocycles. The van der Waals surface area contributed by atoms with Crippen molar-refractivity contribution in [1.82, 2.24) is 5.32 Å². The van der Waals surface area contributed by atoms with Crippen molar-refractivity contribution in [2.45, 2.75) is 44.2 Å². The number of rotatable bonds is 2. The Morgan fingerprint density at radius 3 is 3.14 bits per heavy atom. The van der Waals surface area contributed by atoms with Gasteiger partial charge in [-0.15, -0.1) is 12.3 Å². The fourth-order valence-electron chi connectivity index (χ4n) is 2.07. The van der Waals surface area contributed by atoms with Crippen LogP contribution in [0.1, 0.15) is 32.1 Å². The lowest BCUT2D eigenvalue weighted by Crippen LogP contribution is -2.36. The zero-order valence-electron chi connectivity index (χ0n) is 8.33. The summed E-state index contributed by atoms with van der Waals surface area (Å²) >= 11 is 1.77. The normalized spacial score (nSPS) is 30.1. The molecule has 1 fully saturated rings. The average Bonchev–Trinajstić information content (AvgIpc) is 2.60. The van der Waals surface area contributed by atoms with E-state index in [0.29, 0.717) is 12.1 Å². The Morgan fingerprint density at radius 2 is 2.36 bits per heavy atom. The van der Waals surface area contributed by atoms with Crippen molar-refractivity contribution in [3.63, 3.8) is 0 Å². The van der Waals surface area contributed by atoms with Crippen molar-refractivity contribution in [2.24, 2.45) is 4.99 Å². The average molecular weight is 208 g/mol. The summed E-state index contributed by atoms with van der Waals surface area (Å²) < 4.78 is 0. The third kappa shape index (κ3) is 2.24. The van der Waals surface area contributed by atoms with Gasteiger partial charge in [0, 0.05) is 12.2 Å². The SMILES string of the molecule is C#CCCSC1=NC2CCCCC2N1. The van der Waals surface area contributed by atoms with Gasteiger partial charge in [-0.3, -0.25) is 4.99 Å². The molecule has 1 aliphatic heterocycles. The summed E-state index contributed by atoms with van der Waals surface area (Å²) in [5.41, 5.74) is 0. The molecule has 0 aromatic rings. The Bertz CT molecular complexity index is 267. The third-order valence-corrected chi connectivity index (χ3v) is 3.71. The molecular formula is C11H16N2S. The third-order valence-electron chi connectivity index (χ3n) is 2.81. The van der Waals surface area contributed by atoms with Crippen molar-refractivity contribution in [2.75, 3.05) is 5.75 Å². The van der Waals surface area contributed by atoms with Crippen molar-refractivity contribution >= 4 is 16.9 Å². The van der Waals surface area contributed by atoms with Crippen LogP contribution in [0.5, 0.6) is 0 Å². The van der Waals surface area contributed by atoms with Gasteiger partial charge in [0.1, 0.15) is 0 Å². The number of amidine groups is 1. The van der Waals surface area contributed by atoms with Gasteiger partial charge in [-0.25, -0.2) is 0 Å². The molecule has 2 unspecified atom stereocenters. The van der Waals surface area contributed by atoms with Crippen LogP contribution in [0.3, 0.4) is 0 Å². The first-order valence-electron chi connectivity index (χ1n) is 5.31. The van der Waals surface area contributed by atoms with Crippen LogP contribution < -0.4 is 5.32 Å². The molecule has 0 aromatic carbocycles. The van der Waals surface area contributed by atoms with Gasteiger partial charge in [-0.2, -0.15) is 0 Å². The molecule has 2 atom stereocenters. The summed E-state index contributed by atoms with van der Waals surface area (Å²) in [6, 6.07) is 1.18. The van der Waals surface area contributed by atoms with E-state index in [9.17, 15) is 0 Å². The number of terminal acetylenes is 1. The Balaban J connectivity index is 1.81. The minimum absolute atomic E-state index is 0.553. The van der Waals surface area contributed by atoms with Crippen LogP contribution in [0, 0.1) is 12.3 Å². The van der Waals surface area contributed by atoms with Crippen LogP contribution in [0.25, 0.3) is 0 Å². The Morgan fingerprint density at radius 1 is 1.50 bits per heavy atom. The predicted molar refractivity (Wildman–Crippen MR) is 62.5 cm³/mol. The first kappa shape index (κ1) is 9.92. The molecule has 1 heterocycles. The Kier molecular flexibility index (Phi) is 3.36. The maximum atomic E-state index is 5.21. The fraction of sp³-hybridized carbons (Fsp3) is 0.727. The van der Waals surface area contributed by atoms with Gasteiger partial charge < -0.3 is 5.32 Å². The lowest BCUT2D eigenvalue weighted by atomic mass is 9.92. The van der Waals surface area contributed by atoms with Crippen molar-refractivity contribution in [1.29, 1.82) is 0 Å². The summed E-state index contributed by atoms with van der Waals surface area (Å²) in [4.78, 5) is 4.68. The van der Waals surface area contributed by atoms with E-state index in [1.165, 1.54) is 25.7 Å². The molecule has 3 heteroatoms. The van der Waals surface area contributed by atoms with Crippen LogP contribution in [-0.2, 0) is 0 Å². The molecule has 0 aromatic heterocycles. The molecular weight excluding hydrogens is 192 g/mol. The van der Waals surface area contributed by atoms with Gasteiger partial charge in [-0.1, -0.05) is 24.6 Å². The first-order valence-corrected chi connectivity index (χ1v) is 6.29. The molecule has 0 bridgehead atoms. The topological polar surface area (TPSA) is 24.4 Å². The van der Waals surface area contributed by atoms with Crippen molar-refractivity contribution < 1.29 is 0 Å². The van der Waals surface area contributed by atoms with Gasteiger partial charge in [0.25, 0.3) is 0 Å². The van der Waals surface area contributed by atoms with Gasteiger partial charge in [0.05, 0.1) is 12.1 Å². The maximum Gasteiger partial charge on any atom is 0.157 e. The van der Waals surface area contributed by atoms with E-state index in [4.69, 9.17) is 6.42 Å². The molecule has 2 rings (SSSR count). The molecule has 0 amide bonds. The molecule has 0 spiro atoms. The number of nitrogens with one attached hydrogen (secondary N) is 1. The highest BCUT2D eigenvalue weighted by atomic mass is 32.2. The van der Waals surface area contributed by atoms with Crippen LogP contribution in [-0.4, -0.2) is 23.0 Å². The van der Waals surface area contributed by atoms with E-state index in [2.05, 4.69) is 16.2 Å². The van der Waals surface area contributed by atoms with Crippen LogP contribution >= 0.6 is 11.8 Å². The fourth-order valence-corrected chi connectivity index (χ4v) is 2.92. The quantitative estimate of drug-likeness (QED) is 0.554. The Hall–Kier alpha value is -0.620. The lowest BCUT2D eigenvalue weighted by molar-refractivity contribution is 0.385. The van der Waals surface area contributed by atoms with Crippen LogP contribution in [0.15, 0.2) is 4.99 Å². The monoisotopic (exact) mass is 208 g/mol. The lowest BCUT2D eigenvalue weighted by Gasteiger charge is -2.23. The maximum absolute atomic E-state index is 5.21. The predicted octanol–water partition coefficient (Wildman–Crippen LogP) is 2.01. The highest BCUT2D eigenvalue weighted by Gasteiger charge is 2.30. The second-order valence-corrected chi connectivity index (χ2v) is 4.92. The minimum Gasteiger partial charge on any atom is -0.360 e. The molecule has 0 saturated heterocycles. The summed E-state index contributed by atoms with van der Waals surface area (Å²) in [6.07, 6.45) is 11.3. The van der Waals surface area contributed by atoms with E-state index in [0.717, 1.165) is 17.3 Å². The van der Waals surface area contributed by atoms with Gasteiger partial charge >= 0.3 is 0 Å². The van der Waals surface area contributed by atoms with Gasteiger partial charge in [-0.05, 0) is 12.8 Å². The zero-order chi connectivity index (χ0) is 9.80. The van der Waals surface area contributed by atoms with E-state index in [1.54, 1.807) is 11.8 Å². The number of fused-ring (bicyclic) bond motifs is 1. The highest BCUT2D eigenvalue weighted by molar-refractivity contribution is 8.13. The van der Waals surface area contributed by atoms with Crippen molar-refractivity contribution in [3.8, 4) is 12.3 Å². The molecule has 76 valence electrons. The number of hydrogen-bond donors (Lipinski definition) is 1. The number of hydrogen-bond acceptors (Lipinski definition) is 3. The standard InChI is InChI=1S/C11H16N2S/c1-2-3-8-14-11-12-9-6-4-5-7-10(9)13-11/h1,9-10H,3-8H2,(H,12,13). The molecule has 1 saturated carbocycles. The summed E-state index contributed by atoms with van der Waals surface area (Å²) in [5.74, 6) is 3.64. The number of nitrogens with zero attached hydrogens (tertiary/aromatic N) is 1. The summed E-state index contributed by atoms with van der Waals surface area (Å²) in [6.45, 7) is 0. The van der Waals surface area contributed by atoms with E-state index < -0.39 is 0 Å². The smallest absolute Gasteiger partial charge is 0.157 e. The molecule has 2 aliphatic rings. The van der Waals surface area contributed by atoms with E-state index >= 15 is 0 Å². The molecule has 1 N–H and O–H groups in total. The largest absolute Gasteiger partial charge is 0.360 e. The number of thioether (sulfide) groups is 1.